The van der Waals surface area contributed by atoms with Gasteiger partial charge < -0.3 is 14.4 Å². The van der Waals surface area contributed by atoms with Crippen molar-refractivity contribution >= 4 is 10.9 Å². The fraction of sp³-hybridized carbons (Fsp3) is 0.167. The van der Waals surface area contributed by atoms with E-state index in [1.165, 1.54) is 0 Å². The van der Waals surface area contributed by atoms with E-state index in [2.05, 4.69) is 0 Å². The van der Waals surface area contributed by atoms with Crippen molar-refractivity contribution in [3.8, 4) is 11.5 Å². The zero-order chi connectivity index (χ0) is 16.4. The minimum absolute atomic E-state index is 0.144. The summed E-state index contributed by atoms with van der Waals surface area (Å²) in [6.45, 7) is 2.43. The Morgan fingerprint density at radius 3 is 2.57 bits per heavy atom. The summed E-state index contributed by atoms with van der Waals surface area (Å²) in [4.78, 5) is 12.8. The van der Waals surface area contributed by atoms with Crippen molar-refractivity contribution in [1.82, 2.24) is 4.57 Å². The van der Waals surface area contributed by atoms with E-state index in [4.69, 9.17) is 4.74 Å². The lowest BCUT2D eigenvalue weighted by molar-refractivity contribution is -0.605. The fourth-order valence-corrected chi connectivity index (χ4v) is 4.94. The van der Waals surface area contributed by atoms with Crippen molar-refractivity contribution in [2.75, 3.05) is 7.11 Å². The Labute approximate surface area is 144 Å². The van der Waals surface area contributed by atoms with E-state index in [1.54, 1.807) is 29.9 Å². The van der Waals surface area contributed by atoms with Crippen molar-refractivity contribution < 1.29 is 31.0 Å². The second-order valence-corrected chi connectivity index (χ2v) is 7.83. The molecule has 0 amide bonds. The van der Waals surface area contributed by atoms with Gasteiger partial charge in [-0.15, -0.1) is 0 Å². The van der Waals surface area contributed by atoms with E-state index in [-0.39, 0.29) is 11.3 Å². The molecule has 0 aliphatic carbocycles. The van der Waals surface area contributed by atoms with Crippen LogP contribution in [0.3, 0.4) is 0 Å². The number of pyridine rings is 1. The van der Waals surface area contributed by atoms with E-state index < -0.39 is 21.2 Å². The molecule has 0 N–H and O–H groups in total. The van der Waals surface area contributed by atoms with Gasteiger partial charge in [-0.3, -0.25) is 4.79 Å². The maximum Gasteiger partial charge on any atom is 0.363 e. The van der Waals surface area contributed by atoms with Gasteiger partial charge >= 0.3 is 26.8 Å². The van der Waals surface area contributed by atoms with Crippen LogP contribution in [0.1, 0.15) is 6.92 Å². The van der Waals surface area contributed by atoms with Gasteiger partial charge in [-0.05, 0) is 42.3 Å². The summed E-state index contributed by atoms with van der Waals surface area (Å²) in [7, 11) is 1.57. The summed E-state index contributed by atoms with van der Waals surface area (Å²) in [5, 5.41) is 13.4. The number of aryl methyl sites for hydroxylation is 1. The summed E-state index contributed by atoms with van der Waals surface area (Å²) < 4.78 is 8.37. The van der Waals surface area contributed by atoms with Crippen LogP contribution in [0.4, 0.5) is 0 Å². The Morgan fingerprint density at radius 2 is 1.91 bits per heavy atom. The first kappa shape index (κ1) is 15.9. The van der Waals surface area contributed by atoms with Crippen molar-refractivity contribution in [2.45, 2.75) is 13.5 Å². The van der Waals surface area contributed by atoms with Crippen LogP contribution in [0.5, 0.6) is 11.5 Å². The van der Waals surface area contributed by atoms with Gasteiger partial charge in [0.15, 0.2) is 3.57 Å². The number of halogens is 1. The van der Waals surface area contributed by atoms with Gasteiger partial charge in [-0.1, -0.05) is 18.2 Å². The average molecular weight is 421 g/mol. The summed E-state index contributed by atoms with van der Waals surface area (Å²) in [6, 6.07) is 15.0. The molecule has 4 nitrogen and oxygen atoms in total. The lowest BCUT2D eigenvalue weighted by atomic mass is 10.2. The number of aromatic nitrogens is 1. The Balaban J connectivity index is 2.25. The molecule has 118 valence electrons. The molecule has 0 unspecified atom stereocenters. The highest BCUT2D eigenvalue weighted by atomic mass is 127. The number of methoxy groups -OCH3 is 1. The summed E-state index contributed by atoms with van der Waals surface area (Å²) >= 11 is -0.801. The molecule has 0 radical (unpaired) electrons. The smallest absolute Gasteiger partial charge is 0.363 e. The van der Waals surface area contributed by atoms with Crippen molar-refractivity contribution in [3.63, 3.8) is 0 Å². The van der Waals surface area contributed by atoms with E-state index in [0.29, 0.717) is 26.8 Å². The number of rotatable bonds is 4. The SMILES string of the molecule is CCn1c(=O)c([I+]c2ccccc2)c([O-])c2ccc(OC)cc21. The van der Waals surface area contributed by atoms with Gasteiger partial charge in [-0.25, -0.2) is 0 Å². The first-order valence-corrected chi connectivity index (χ1v) is 9.43. The standard InChI is InChI=1S/C18H16INO3/c1-3-20-15-11-13(23-2)9-10-14(15)17(21)16(18(20)22)19-12-7-5-4-6-8-12/h4-11H,3H2,1-2H3. The number of benzene rings is 2. The second-order valence-electron chi connectivity index (χ2n) is 4.97. The van der Waals surface area contributed by atoms with E-state index in [0.717, 1.165) is 3.57 Å². The van der Waals surface area contributed by atoms with Gasteiger partial charge in [0.05, 0.1) is 12.6 Å². The summed E-state index contributed by atoms with van der Waals surface area (Å²) in [6.07, 6.45) is 0. The molecule has 1 aromatic heterocycles. The van der Waals surface area contributed by atoms with Crippen LogP contribution in [0.25, 0.3) is 10.9 Å². The molecule has 5 heteroatoms. The van der Waals surface area contributed by atoms with Crippen LogP contribution in [0.2, 0.25) is 0 Å². The third-order valence-electron chi connectivity index (χ3n) is 3.63. The number of ether oxygens (including phenoxy) is 1. The predicted molar refractivity (Wildman–Crippen MR) is 83.7 cm³/mol. The van der Waals surface area contributed by atoms with Gasteiger partial charge in [0, 0.05) is 12.6 Å². The molecule has 1 heterocycles. The topological polar surface area (TPSA) is 54.3 Å². The lowest BCUT2D eigenvalue weighted by Gasteiger charge is -2.15. The quantitative estimate of drug-likeness (QED) is 0.521. The highest BCUT2D eigenvalue weighted by Crippen LogP contribution is 2.24. The molecule has 2 aromatic carbocycles. The second kappa shape index (κ2) is 6.62. The first-order valence-electron chi connectivity index (χ1n) is 7.27. The van der Waals surface area contributed by atoms with E-state index >= 15 is 0 Å². The average Bonchev–Trinajstić information content (AvgIpc) is 2.59. The molecule has 0 fully saturated rings. The third-order valence-corrected chi connectivity index (χ3v) is 6.46. The Bertz CT molecular complexity index is 904. The molecule has 0 aliphatic rings. The Kier molecular flexibility index (Phi) is 4.56. The van der Waals surface area contributed by atoms with Crippen LogP contribution < -0.4 is 36.6 Å². The van der Waals surface area contributed by atoms with Crippen molar-refractivity contribution in [1.29, 1.82) is 0 Å². The molecule has 3 rings (SSSR count). The zero-order valence-corrected chi connectivity index (χ0v) is 15.0. The molecular weight excluding hydrogens is 405 g/mol. The molecule has 0 atom stereocenters. The number of fused-ring (bicyclic) bond motifs is 1. The van der Waals surface area contributed by atoms with Gasteiger partial charge in [-0.2, -0.15) is 0 Å². The van der Waals surface area contributed by atoms with Crippen molar-refractivity contribution in [3.05, 3.63) is 66.0 Å². The molecule has 23 heavy (non-hydrogen) atoms. The lowest BCUT2D eigenvalue weighted by Crippen LogP contribution is -3.62. The van der Waals surface area contributed by atoms with Gasteiger partial charge in [0.25, 0.3) is 3.57 Å². The minimum atomic E-state index is -0.801. The zero-order valence-electron chi connectivity index (χ0n) is 12.9. The Hall–Kier alpha value is -2.02. The predicted octanol–water partition coefficient (Wildman–Crippen LogP) is -0.768. The maximum atomic E-state index is 12.8. The number of nitrogens with zero attached hydrogens (tertiary/aromatic N) is 1. The van der Waals surface area contributed by atoms with Crippen molar-refractivity contribution in [2.24, 2.45) is 0 Å². The summed E-state index contributed by atoms with van der Waals surface area (Å²) in [5.74, 6) is 0.498. The highest BCUT2D eigenvalue weighted by Gasteiger charge is 2.24. The van der Waals surface area contributed by atoms with E-state index in [9.17, 15) is 9.90 Å². The fourth-order valence-electron chi connectivity index (χ4n) is 2.48. The number of hydrogen-bond acceptors (Lipinski definition) is 3. The van der Waals surface area contributed by atoms with Crippen LogP contribution in [0.15, 0.2) is 53.3 Å². The van der Waals surface area contributed by atoms with Crippen LogP contribution in [-0.4, -0.2) is 11.7 Å². The van der Waals surface area contributed by atoms with Crippen LogP contribution >= 0.6 is 0 Å². The van der Waals surface area contributed by atoms with Crippen LogP contribution in [-0.2, 0) is 6.54 Å². The highest BCUT2D eigenvalue weighted by molar-refractivity contribution is 5.85. The molecule has 0 aliphatic heterocycles. The van der Waals surface area contributed by atoms with E-state index in [1.807, 2.05) is 37.3 Å². The monoisotopic (exact) mass is 421 g/mol. The Morgan fingerprint density at radius 1 is 1.17 bits per heavy atom. The van der Waals surface area contributed by atoms with Crippen LogP contribution in [0, 0.1) is 7.14 Å². The summed E-state index contributed by atoms with van der Waals surface area (Å²) in [5.41, 5.74) is 0.470. The minimum Gasteiger partial charge on any atom is -0.869 e. The first-order chi connectivity index (χ1) is 11.2. The number of hydrogen-bond donors (Lipinski definition) is 0. The normalized spacial score (nSPS) is 10.9. The molecule has 0 saturated carbocycles. The largest absolute Gasteiger partial charge is 0.869 e. The van der Waals surface area contributed by atoms with Gasteiger partial charge in [0.2, 0.25) is 0 Å². The van der Waals surface area contributed by atoms with Gasteiger partial charge in [0.1, 0.15) is 5.75 Å². The maximum absolute atomic E-state index is 12.8. The third kappa shape index (κ3) is 2.93. The molecule has 0 spiro atoms. The molecule has 0 saturated heterocycles. The molecular formula is C18H16INO3. The molecule has 0 bridgehead atoms. The molecule has 3 aromatic rings.